The summed E-state index contributed by atoms with van der Waals surface area (Å²) in [6.45, 7) is 2.15. The van der Waals surface area contributed by atoms with Gasteiger partial charge in [-0.1, -0.05) is 44.0 Å². The summed E-state index contributed by atoms with van der Waals surface area (Å²) < 4.78 is 5.16. The Morgan fingerprint density at radius 2 is 1.61 bits per heavy atom. The molecule has 0 amide bonds. The fraction of sp³-hybridized carbons (Fsp3) is 0.300. The minimum absolute atomic E-state index is 0.465. The van der Waals surface area contributed by atoms with Gasteiger partial charge in [-0.3, -0.25) is 0 Å². The van der Waals surface area contributed by atoms with Crippen LogP contribution in [0.15, 0.2) is 36.4 Å². The standard InChI is InChI=1S/C20H20N2O/c1-3-4-5-6-15-9-12-18(20(14-22)19(15)13-21)16-7-10-17(23-2)11-8-16/h7-12H,3-6H2,1-2H3. The number of hydrogen-bond donors (Lipinski definition) is 0. The first kappa shape index (κ1) is 16.6. The molecule has 0 aliphatic carbocycles. The molecular formula is C20H20N2O. The Morgan fingerprint density at radius 1 is 0.913 bits per heavy atom. The Kier molecular flexibility index (Phi) is 5.78. The first-order chi connectivity index (χ1) is 11.2. The lowest BCUT2D eigenvalue weighted by atomic mass is 9.91. The summed E-state index contributed by atoms with van der Waals surface area (Å²) in [6, 6.07) is 15.9. The van der Waals surface area contributed by atoms with Crippen LogP contribution < -0.4 is 4.74 Å². The van der Waals surface area contributed by atoms with Crippen molar-refractivity contribution < 1.29 is 4.74 Å². The maximum Gasteiger partial charge on any atom is 0.118 e. The van der Waals surface area contributed by atoms with Gasteiger partial charge in [-0.05, 0) is 36.1 Å². The van der Waals surface area contributed by atoms with E-state index in [1.165, 1.54) is 0 Å². The zero-order valence-corrected chi connectivity index (χ0v) is 13.6. The van der Waals surface area contributed by atoms with E-state index in [9.17, 15) is 10.5 Å². The van der Waals surface area contributed by atoms with E-state index in [2.05, 4.69) is 19.1 Å². The lowest BCUT2D eigenvalue weighted by Crippen LogP contribution is -1.97. The number of ether oxygens (including phenoxy) is 1. The molecule has 0 aromatic heterocycles. The second kappa shape index (κ2) is 8.01. The summed E-state index contributed by atoms with van der Waals surface area (Å²) >= 11 is 0. The molecule has 2 aromatic rings. The lowest BCUT2D eigenvalue weighted by Gasteiger charge is -2.11. The van der Waals surface area contributed by atoms with Crippen molar-refractivity contribution in [3.05, 3.63) is 53.1 Å². The number of nitriles is 2. The van der Waals surface area contributed by atoms with Crippen molar-refractivity contribution in [2.45, 2.75) is 32.6 Å². The molecule has 0 heterocycles. The van der Waals surface area contributed by atoms with Crippen LogP contribution >= 0.6 is 0 Å². The Labute approximate surface area is 137 Å². The van der Waals surface area contributed by atoms with Crippen molar-refractivity contribution in [2.24, 2.45) is 0 Å². The third kappa shape index (κ3) is 3.71. The van der Waals surface area contributed by atoms with Gasteiger partial charge in [-0.2, -0.15) is 10.5 Å². The number of unbranched alkanes of at least 4 members (excludes halogenated alkanes) is 2. The molecule has 0 saturated heterocycles. The molecule has 2 aromatic carbocycles. The topological polar surface area (TPSA) is 56.8 Å². The number of methoxy groups -OCH3 is 1. The Balaban J connectivity index is 2.45. The van der Waals surface area contributed by atoms with Gasteiger partial charge in [0.2, 0.25) is 0 Å². The van der Waals surface area contributed by atoms with Crippen LogP contribution in [-0.2, 0) is 6.42 Å². The second-order valence-corrected chi connectivity index (χ2v) is 5.43. The first-order valence-corrected chi connectivity index (χ1v) is 7.85. The van der Waals surface area contributed by atoms with Gasteiger partial charge in [0.1, 0.15) is 17.9 Å². The van der Waals surface area contributed by atoms with Crippen LogP contribution in [-0.4, -0.2) is 7.11 Å². The van der Waals surface area contributed by atoms with E-state index in [0.717, 1.165) is 48.1 Å². The van der Waals surface area contributed by atoms with E-state index in [1.807, 2.05) is 36.4 Å². The molecule has 0 unspecified atom stereocenters. The van der Waals surface area contributed by atoms with Crippen LogP contribution in [0, 0.1) is 22.7 Å². The number of nitrogens with zero attached hydrogens (tertiary/aromatic N) is 2. The van der Waals surface area contributed by atoms with Crippen molar-refractivity contribution in [3.8, 4) is 29.0 Å². The third-order valence-corrected chi connectivity index (χ3v) is 3.97. The average molecular weight is 304 g/mol. The summed E-state index contributed by atoms with van der Waals surface area (Å²) in [6.07, 6.45) is 4.15. The van der Waals surface area contributed by atoms with Gasteiger partial charge in [0, 0.05) is 5.56 Å². The first-order valence-electron chi connectivity index (χ1n) is 7.85. The minimum atomic E-state index is 0.465. The highest BCUT2D eigenvalue weighted by molar-refractivity contribution is 5.75. The normalized spacial score (nSPS) is 9.91. The van der Waals surface area contributed by atoms with Crippen LogP contribution in [0.25, 0.3) is 11.1 Å². The van der Waals surface area contributed by atoms with Crippen LogP contribution in [0.1, 0.15) is 42.9 Å². The molecule has 3 heteroatoms. The summed E-state index contributed by atoms with van der Waals surface area (Å²) in [7, 11) is 1.62. The molecule has 0 spiro atoms. The van der Waals surface area contributed by atoms with Gasteiger partial charge < -0.3 is 4.74 Å². The zero-order chi connectivity index (χ0) is 16.7. The molecule has 0 aliphatic heterocycles. The molecule has 0 aliphatic rings. The molecule has 3 nitrogen and oxygen atoms in total. The smallest absolute Gasteiger partial charge is 0.118 e. The van der Waals surface area contributed by atoms with Crippen molar-refractivity contribution in [1.82, 2.24) is 0 Å². The summed E-state index contributed by atoms with van der Waals surface area (Å²) in [5, 5.41) is 19.1. The van der Waals surface area contributed by atoms with Crippen LogP contribution in [0.4, 0.5) is 0 Å². The molecule has 0 bridgehead atoms. The lowest BCUT2D eigenvalue weighted by molar-refractivity contribution is 0.415. The number of rotatable bonds is 6. The predicted octanol–water partition coefficient (Wildman–Crippen LogP) is 4.84. The fourth-order valence-electron chi connectivity index (χ4n) is 2.67. The van der Waals surface area contributed by atoms with E-state index in [1.54, 1.807) is 7.11 Å². The highest BCUT2D eigenvalue weighted by Crippen LogP contribution is 2.29. The Hall–Kier alpha value is -2.78. The number of hydrogen-bond acceptors (Lipinski definition) is 3. The maximum absolute atomic E-state index is 9.56. The van der Waals surface area contributed by atoms with Gasteiger partial charge in [-0.15, -0.1) is 0 Å². The van der Waals surface area contributed by atoms with Gasteiger partial charge in [-0.25, -0.2) is 0 Å². The molecule has 0 radical (unpaired) electrons. The van der Waals surface area contributed by atoms with Gasteiger partial charge in [0.05, 0.1) is 18.2 Å². The van der Waals surface area contributed by atoms with Crippen molar-refractivity contribution in [1.29, 1.82) is 10.5 Å². The summed E-state index contributed by atoms with van der Waals surface area (Å²) in [5.41, 5.74) is 3.66. The van der Waals surface area contributed by atoms with Crippen molar-refractivity contribution >= 4 is 0 Å². The van der Waals surface area contributed by atoms with E-state index < -0.39 is 0 Å². The Morgan fingerprint density at radius 3 is 2.17 bits per heavy atom. The second-order valence-electron chi connectivity index (χ2n) is 5.43. The predicted molar refractivity (Wildman–Crippen MR) is 91.1 cm³/mol. The quantitative estimate of drug-likeness (QED) is 0.718. The highest BCUT2D eigenvalue weighted by Gasteiger charge is 2.14. The van der Waals surface area contributed by atoms with Crippen molar-refractivity contribution in [3.63, 3.8) is 0 Å². The van der Waals surface area contributed by atoms with E-state index >= 15 is 0 Å². The van der Waals surface area contributed by atoms with Gasteiger partial charge >= 0.3 is 0 Å². The van der Waals surface area contributed by atoms with Gasteiger partial charge in [0.25, 0.3) is 0 Å². The molecular weight excluding hydrogens is 284 g/mol. The van der Waals surface area contributed by atoms with Crippen LogP contribution in [0.2, 0.25) is 0 Å². The molecule has 0 saturated carbocycles. The molecule has 23 heavy (non-hydrogen) atoms. The van der Waals surface area contributed by atoms with Gasteiger partial charge in [0.15, 0.2) is 0 Å². The monoisotopic (exact) mass is 304 g/mol. The average Bonchev–Trinajstić information content (AvgIpc) is 2.61. The molecule has 0 atom stereocenters. The van der Waals surface area contributed by atoms with E-state index in [-0.39, 0.29) is 0 Å². The maximum atomic E-state index is 9.56. The third-order valence-electron chi connectivity index (χ3n) is 3.97. The Bertz CT molecular complexity index is 749. The minimum Gasteiger partial charge on any atom is -0.497 e. The summed E-state index contributed by atoms with van der Waals surface area (Å²) in [5.74, 6) is 0.768. The fourth-order valence-corrected chi connectivity index (χ4v) is 2.67. The molecule has 0 N–H and O–H groups in total. The summed E-state index contributed by atoms with van der Waals surface area (Å²) in [4.78, 5) is 0. The zero-order valence-electron chi connectivity index (χ0n) is 13.6. The molecule has 0 fully saturated rings. The number of aryl methyl sites for hydroxylation is 1. The SMILES string of the molecule is CCCCCc1ccc(-c2ccc(OC)cc2)c(C#N)c1C#N. The van der Waals surface area contributed by atoms with E-state index in [0.29, 0.717) is 11.1 Å². The number of benzene rings is 2. The highest BCUT2D eigenvalue weighted by atomic mass is 16.5. The van der Waals surface area contributed by atoms with Crippen LogP contribution in [0.3, 0.4) is 0 Å². The van der Waals surface area contributed by atoms with Crippen molar-refractivity contribution in [2.75, 3.05) is 7.11 Å². The molecule has 2 rings (SSSR count). The molecule has 116 valence electrons. The van der Waals surface area contributed by atoms with Crippen LogP contribution in [0.5, 0.6) is 5.75 Å². The largest absolute Gasteiger partial charge is 0.497 e. The van der Waals surface area contributed by atoms with E-state index in [4.69, 9.17) is 4.74 Å².